The van der Waals surface area contributed by atoms with Crippen molar-refractivity contribution in [2.24, 2.45) is 0 Å². The summed E-state index contributed by atoms with van der Waals surface area (Å²) in [6.07, 6.45) is 0. The van der Waals surface area contributed by atoms with Crippen LogP contribution in [-0.2, 0) is 0 Å². The molecule has 0 fully saturated rings. The Balaban J connectivity index is 1.67. The molecule has 0 saturated carbocycles. The quantitative estimate of drug-likeness (QED) is 0.406. The van der Waals surface area contributed by atoms with Crippen molar-refractivity contribution < 1.29 is 0 Å². The lowest BCUT2D eigenvalue weighted by molar-refractivity contribution is 1.57. The van der Waals surface area contributed by atoms with E-state index in [2.05, 4.69) is 84.9 Å². The highest BCUT2D eigenvalue weighted by Gasteiger charge is 2.03. The van der Waals surface area contributed by atoms with Gasteiger partial charge in [0.2, 0.25) is 0 Å². The highest BCUT2D eigenvalue weighted by molar-refractivity contribution is 5.75. The third kappa shape index (κ3) is 3.00. The van der Waals surface area contributed by atoms with E-state index >= 15 is 0 Å². The van der Waals surface area contributed by atoms with Gasteiger partial charge >= 0.3 is 0 Å². The van der Waals surface area contributed by atoms with Crippen LogP contribution < -0.4 is 0 Å². The van der Waals surface area contributed by atoms with E-state index in [4.69, 9.17) is 0 Å². The largest absolute Gasteiger partial charge is 0.0622 e. The molecule has 0 unspecified atom stereocenters. The molecule has 0 N–H and O–H groups in total. The van der Waals surface area contributed by atoms with E-state index in [0.29, 0.717) is 0 Å². The minimum absolute atomic E-state index is 1.19. The molecule has 0 aliphatic rings. The summed E-state index contributed by atoms with van der Waals surface area (Å²) in [4.78, 5) is 0. The molecule has 0 atom stereocenters. The van der Waals surface area contributed by atoms with Gasteiger partial charge in [-0.1, -0.05) is 84.9 Å². The second-order valence-corrected chi connectivity index (χ2v) is 5.82. The van der Waals surface area contributed by atoms with E-state index in [9.17, 15) is 0 Å². The lowest BCUT2D eigenvalue weighted by Crippen LogP contribution is -1.82. The normalized spacial score (nSPS) is 10.5. The highest BCUT2D eigenvalue weighted by atomic mass is 14.1. The number of hydrogen-bond acceptors (Lipinski definition) is 0. The first-order chi connectivity index (χ1) is 11.9. The molecule has 113 valence electrons. The SMILES string of the molecule is [c]1cc(-c2ccccc2)cc(-c2ccc(-c3ccccc3)cc2)c1. The summed E-state index contributed by atoms with van der Waals surface area (Å²) in [6.45, 7) is 0. The third-order valence-corrected chi connectivity index (χ3v) is 4.22. The molecular weight excluding hydrogens is 288 g/mol. The minimum atomic E-state index is 1.19. The fourth-order valence-electron chi connectivity index (χ4n) is 2.92. The summed E-state index contributed by atoms with van der Waals surface area (Å²) in [5, 5.41) is 0. The van der Waals surface area contributed by atoms with Gasteiger partial charge in [-0.2, -0.15) is 0 Å². The van der Waals surface area contributed by atoms with Gasteiger partial charge in [0, 0.05) is 0 Å². The van der Waals surface area contributed by atoms with E-state index in [-0.39, 0.29) is 0 Å². The zero-order valence-corrected chi connectivity index (χ0v) is 13.3. The van der Waals surface area contributed by atoms with Crippen LogP contribution in [0, 0.1) is 6.07 Å². The Hall–Kier alpha value is -3.12. The van der Waals surface area contributed by atoms with E-state index in [1.54, 1.807) is 0 Å². The van der Waals surface area contributed by atoms with Crippen LogP contribution in [0.4, 0.5) is 0 Å². The van der Waals surface area contributed by atoms with Crippen LogP contribution in [0.15, 0.2) is 103 Å². The topological polar surface area (TPSA) is 0 Å². The maximum atomic E-state index is 3.27. The Labute approximate surface area is 143 Å². The maximum Gasteiger partial charge on any atom is -0.0171 e. The zero-order valence-electron chi connectivity index (χ0n) is 13.3. The van der Waals surface area contributed by atoms with Crippen molar-refractivity contribution in [2.75, 3.05) is 0 Å². The summed E-state index contributed by atoms with van der Waals surface area (Å²) >= 11 is 0. The number of rotatable bonds is 3. The maximum absolute atomic E-state index is 3.27. The van der Waals surface area contributed by atoms with Crippen molar-refractivity contribution in [3.8, 4) is 33.4 Å². The molecule has 0 bridgehead atoms. The Morgan fingerprint density at radius 2 is 0.750 bits per heavy atom. The second kappa shape index (κ2) is 6.55. The molecule has 0 heteroatoms. The summed E-state index contributed by atoms with van der Waals surface area (Å²) in [5.74, 6) is 0. The average molecular weight is 305 g/mol. The van der Waals surface area contributed by atoms with Gasteiger partial charge in [0.15, 0.2) is 0 Å². The lowest BCUT2D eigenvalue weighted by Gasteiger charge is -2.07. The van der Waals surface area contributed by atoms with Crippen molar-refractivity contribution >= 4 is 0 Å². The van der Waals surface area contributed by atoms with Gasteiger partial charge in [-0.15, -0.1) is 0 Å². The second-order valence-electron chi connectivity index (χ2n) is 5.82. The molecule has 1 radical (unpaired) electrons. The molecule has 0 saturated heterocycles. The summed E-state index contributed by atoms with van der Waals surface area (Å²) < 4.78 is 0. The molecular formula is C24H17. The molecule has 0 heterocycles. The van der Waals surface area contributed by atoms with Gasteiger partial charge in [-0.05, 0) is 57.6 Å². The van der Waals surface area contributed by atoms with E-state index in [1.165, 1.54) is 33.4 Å². The minimum Gasteiger partial charge on any atom is -0.0622 e. The molecule has 0 aliphatic heterocycles. The Bertz CT molecular complexity index is 920. The number of hydrogen-bond donors (Lipinski definition) is 0. The number of benzene rings is 4. The predicted molar refractivity (Wildman–Crippen MR) is 102 cm³/mol. The van der Waals surface area contributed by atoms with Crippen LogP contribution in [0.2, 0.25) is 0 Å². The van der Waals surface area contributed by atoms with Crippen molar-refractivity contribution in [2.45, 2.75) is 0 Å². The third-order valence-electron chi connectivity index (χ3n) is 4.22. The summed E-state index contributed by atoms with van der Waals surface area (Å²) in [5.41, 5.74) is 7.30. The van der Waals surface area contributed by atoms with Crippen LogP contribution in [0.25, 0.3) is 33.4 Å². The van der Waals surface area contributed by atoms with E-state index in [1.807, 2.05) is 24.3 Å². The molecule has 0 aromatic heterocycles. The van der Waals surface area contributed by atoms with Crippen LogP contribution in [0.3, 0.4) is 0 Å². The van der Waals surface area contributed by atoms with Crippen LogP contribution >= 0.6 is 0 Å². The molecule has 0 nitrogen and oxygen atoms in total. The van der Waals surface area contributed by atoms with Crippen molar-refractivity contribution in [3.63, 3.8) is 0 Å². The van der Waals surface area contributed by atoms with Crippen LogP contribution in [0.5, 0.6) is 0 Å². The first-order valence-electron chi connectivity index (χ1n) is 8.12. The van der Waals surface area contributed by atoms with Gasteiger partial charge < -0.3 is 0 Å². The lowest BCUT2D eigenvalue weighted by atomic mass is 9.97. The van der Waals surface area contributed by atoms with Gasteiger partial charge in [0.25, 0.3) is 0 Å². The highest BCUT2D eigenvalue weighted by Crippen LogP contribution is 2.28. The monoisotopic (exact) mass is 305 g/mol. The molecule has 24 heavy (non-hydrogen) atoms. The molecule has 4 rings (SSSR count). The predicted octanol–water partition coefficient (Wildman–Crippen LogP) is 6.49. The Kier molecular flexibility index (Phi) is 3.95. The summed E-state index contributed by atoms with van der Waals surface area (Å²) in [7, 11) is 0. The molecule has 0 amide bonds. The molecule has 4 aromatic rings. The van der Waals surface area contributed by atoms with Crippen molar-refractivity contribution in [1.82, 2.24) is 0 Å². The standard InChI is InChI=1S/C24H17/c1-3-8-19(9-4-1)21-14-16-22(17-15-21)24-13-7-12-23(18-24)20-10-5-2-6-11-20/h1-6,8-18H. The van der Waals surface area contributed by atoms with Crippen LogP contribution in [0.1, 0.15) is 0 Å². The van der Waals surface area contributed by atoms with Crippen LogP contribution in [-0.4, -0.2) is 0 Å². The van der Waals surface area contributed by atoms with Gasteiger partial charge in [0.05, 0.1) is 0 Å². The molecule has 4 aromatic carbocycles. The fourth-order valence-corrected chi connectivity index (χ4v) is 2.92. The van der Waals surface area contributed by atoms with Crippen molar-refractivity contribution in [3.05, 3.63) is 109 Å². The van der Waals surface area contributed by atoms with Crippen molar-refractivity contribution in [1.29, 1.82) is 0 Å². The Morgan fingerprint density at radius 1 is 0.375 bits per heavy atom. The Morgan fingerprint density at radius 3 is 1.25 bits per heavy atom. The van der Waals surface area contributed by atoms with Gasteiger partial charge in [-0.25, -0.2) is 0 Å². The molecule has 0 aliphatic carbocycles. The van der Waals surface area contributed by atoms with Gasteiger partial charge in [0.1, 0.15) is 0 Å². The van der Waals surface area contributed by atoms with Gasteiger partial charge in [-0.3, -0.25) is 0 Å². The fraction of sp³-hybridized carbons (Fsp3) is 0. The summed E-state index contributed by atoms with van der Waals surface area (Å²) in [6, 6.07) is 39.2. The first kappa shape index (κ1) is 14.5. The average Bonchev–Trinajstić information content (AvgIpc) is 2.70. The zero-order chi connectivity index (χ0) is 16.2. The van der Waals surface area contributed by atoms with E-state index in [0.717, 1.165) is 0 Å². The molecule has 0 spiro atoms. The van der Waals surface area contributed by atoms with E-state index < -0.39 is 0 Å². The smallest absolute Gasteiger partial charge is 0.0171 e. The first-order valence-corrected chi connectivity index (χ1v) is 8.12.